The fourth-order valence-electron chi connectivity index (χ4n) is 2.29. The van der Waals surface area contributed by atoms with Gasteiger partial charge in [0.15, 0.2) is 0 Å². The average Bonchev–Trinajstić information content (AvgIpc) is 2.68. The number of carbonyl (C=O) groups excluding carboxylic acids is 2. The van der Waals surface area contributed by atoms with Crippen LogP contribution in [-0.2, 0) is 9.59 Å². The maximum Gasteiger partial charge on any atom is 0.243 e. The van der Waals surface area contributed by atoms with E-state index in [9.17, 15) is 9.59 Å². The summed E-state index contributed by atoms with van der Waals surface area (Å²) in [5, 5.41) is 3.28. The molecule has 1 atom stereocenters. The van der Waals surface area contributed by atoms with Gasteiger partial charge in [-0.2, -0.15) is 0 Å². The molecule has 0 aliphatic carbocycles. The molecule has 2 rings (SSSR count). The molecule has 0 aromatic heterocycles. The van der Waals surface area contributed by atoms with Crippen LogP contribution in [0.1, 0.15) is 19.8 Å². The predicted octanol–water partition coefficient (Wildman–Crippen LogP) is -0.571. The summed E-state index contributed by atoms with van der Waals surface area (Å²) in [7, 11) is 0. The number of rotatable bonds is 2. The minimum absolute atomic E-state index is 0.00668. The lowest BCUT2D eigenvalue weighted by atomic mass is 10.2. The van der Waals surface area contributed by atoms with Gasteiger partial charge in [-0.3, -0.25) is 19.4 Å². The highest BCUT2D eigenvalue weighted by Gasteiger charge is 2.29. The molecule has 0 radical (unpaired) electrons. The van der Waals surface area contributed by atoms with E-state index in [2.05, 4.69) is 17.1 Å². The normalized spacial score (nSPS) is 27.4. The van der Waals surface area contributed by atoms with Crippen molar-refractivity contribution in [2.24, 2.45) is 0 Å². The third-order valence-electron chi connectivity index (χ3n) is 3.35. The van der Waals surface area contributed by atoms with E-state index in [-0.39, 0.29) is 11.8 Å². The van der Waals surface area contributed by atoms with E-state index >= 15 is 0 Å². The second kappa shape index (κ2) is 4.93. The lowest BCUT2D eigenvalue weighted by molar-refractivity contribution is -0.142. The van der Waals surface area contributed by atoms with Crippen LogP contribution in [0.25, 0.3) is 0 Å². The molecule has 0 saturated carbocycles. The number of likely N-dealkylation sites (tertiary alicyclic amines) is 1. The van der Waals surface area contributed by atoms with Crippen LogP contribution < -0.4 is 5.32 Å². The van der Waals surface area contributed by atoms with E-state index < -0.39 is 0 Å². The Morgan fingerprint density at radius 1 is 1.50 bits per heavy atom. The second-order valence-electron chi connectivity index (χ2n) is 4.57. The lowest BCUT2D eigenvalue weighted by Crippen LogP contribution is -2.53. The number of amides is 2. The highest BCUT2D eigenvalue weighted by atomic mass is 16.2. The molecule has 90 valence electrons. The molecular formula is C11H19N3O2. The number of nitrogens with zero attached hydrogens (tertiary/aromatic N) is 2. The van der Waals surface area contributed by atoms with Gasteiger partial charge in [0.25, 0.3) is 0 Å². The standard InChI is InChI=1S/C11H19N3O2/c1-9-7-12-4-6-13(9)8-11(16)14-5-2-3-10(14)15/h9,12H,2-8H2,1H3/t9-/m0/s1. The summed E-state index contributed by atoms with van der Waals surface area (Å²) in [5.41, 5.74) is 0. The summed E-state index contributed by atoms with van der Waals surface area (Å²) in [4.78, 5) is 26.9. The Bertz CT molecular complexity index is 293. The maximum atomic E-state index is 11.9. The molecule has 5 nitrogen and oxygen atoms in total. The van der Waals surface area contributed by atoms with Crippen LogP contribution in [0.2, 0.25) is 0 Å². The second-order valence-corrected chi connectivity index (χ2v) is 4.57. The van der Waals surface area contributed by atoms with Crippen molar-refractivity contribution < 1.29 is 9.59 Å². The van der Waals surface area contributed by atoms with Crippen molar-refractivity contribution >= 4 is 11.8 Å². The Morgan fingerprint density at radius 2 is 2.31 bits per heavy atom. The zero-order chi connectivity index (χ0) is 11.5. The van der Waals surface area contributed by atoms with Crippen LogP contribution in [-0.4, -0.2) is 60.4 Å². The van der Waals surface area contributed by atoms with E-state index in [1.54, 1.807) is 0 Å². The Morgan fingerprint density at radius 3 is 2.94 bits per heavy atom. The van der Waals surface area contributed by atoms with Crippen molar-refractivity contribution in [1.82, 2.24) is 15.1 Å². The van der Waals surface area contributed by atoms with Gasteiger partial charge in [0.2, 0.25) is 11.8 Å². The largest absolute Gasteiger partial charge is 0.314 e. The number of nitrogens with one attached hydrogen (secondary N) is 1. The highest BCUT2D eigenvalue weighted by molar-refractivity contribution is 5.97. The molecule has 2 amide bonds. The van der Waals surface area contributed by atoms with E-state index in [0.717, 1.165) is 26.1 Å². The summed E-state index contributed by atoms with van der Waals surface area (Å²) in [6, 6.07) is 0.371. The SMILES string of the molecule is C[C@H]1CNCCN1CC(=O)N1CCCC1=O. The Labute approximate surface area is 95.8 Å². The molecule has 2 aliphatic heterocycles. The number of imide groups is 1. The molecule has 2 heterocycles. The highest BCUT2D eigenvalue weighted by Crippen LogP contribution is 2.11. The van der Waals surface area contributed by atoms with Crippen molar-refractivity contribution in [3.63, 3.8) is 0 Å². The van der Waals surface area contributed by atoms with Crippen LogP contribution in [0.5, 0.6) is 0 Å². The molecule has 2 fully saturated rings. The minimum Gasteiger partial charge on any atom is -0.314 e. The lowest BCUT2D eigenvalue weighted by Gasteiger charge is -2.34. The predicted molar refractivity (Wildman–Crippen MR) is 59.9 cm³/mol. The molecule has 16 heavy (non-hydrogen) atoms. The molecule has 0 aromatic rings. The van der Waals surface area contributed by atoms with Gasteiger partial charge in [0.1, 0.15) is 0 Å². The minimum atomic E-state index is -0.0312. The van der Waals surface area contributed by atoms with Gasteiger partial charge in [0.05, 0.1) is 6.54 Å². The molecule has 0 unspecified atom stereocenters. The van der Waals surface area contributed by atoms with Crippen LogP contribution in [0.4, 0.5) is 0 Å². The Balaban J connectivity index is 1.88. The van der Waals surface area contributed by atoms with Gasteiger partial charge >= 0.3 is 0 Å². The van der Waals surface area contributed by atoms with E-state index in [0.29, 0.717) is 25.6 Å². The number of hydrogen-bond acceptors (Lipinski definition) is 4. The van der Waals surface area contributed by atoms with Gasteiger partial charge in [-0.05, 0) is 13.3 Å². The van der Waals surface area contributed by atoms with Crippen molar-refractivity contribution in [2.45, 2.75) is 25.8 Å². The molecule has 1 N–H and O–H groups in total. The molecule has 2 aliphatic rings. The zero-order valence-electron chi connectivity index (χ0n) is 9.74. The smallest absolute Gasteiger partial charge is 0.243 e. The van der Waals surface area contributed by atoms with Crippen LogP contribution in [0.3, 0.4) is 0 Å². The number of hydrogen-bond donors (Lipinski definition) is 1. The Kier molecular flexibility index (Phi) is 3.56. The van der Waals surface area contributed by atoms with Gasteiger partial charge < -0.3 is 5.32 Å². The summed E-state index contributed by atoms with van der Waals surface area (Å²) < 4.78 is 0. The topological polar surface area (TPSA) is 52.7 Å². The van der Waals surface area contributed by atoms with Crippen molar-refractivity contribution in [3.05, 3.63) is 0 Å². The fourth-order valence-corrected chi connectivity index (χ4v) is 2.29. The van der Waals surface area contributed by atoms with Crippen molar-refractivity contribution in [2.75, 3.05) is 32.7 Å². The van der Waals surface area contributed by atoms with Gasteiger partial charge in [-0.15, -0.1) is 0 Å². The molecule has 2 saturated heterocycles. The number of piperazine rings is 1. The molecule has 0 bridgehead atoms. The first-order valence-corrected chi connectivity index (χ1v) is 5.96. The third-order valence-corrected chi connectivity index (χ3v) is 3.35. The first kappa shape index (κ1) is 11.5. The van der Waals surface area contributed by atoms with E-state index in [4.69, 9.17) is 0 Å². The average molecular weight is 225 g/mol. The Hall–Kier alpha value is -0.940. The first-order valence-electron chi connectivity index (χ1n) is 5.96. The van der Waals surface area contributed by atoms with Crippen LogP contribution >= 0.6 is 0 Å². The van der Waals surface area contributed by atoms with Crippen LogP contribution in [0, 0.1) is 0 Å². The molecule has 0 spiro atoms. The quantitative estimate of drug-likeness (QED) is 0.684. The molecular weight excluding hydrogens is 206 g/mol. The van der Waals surface area contributed by atoms with E-state index in [1.807, 2.05) is 0 Å². The zero-order valence-corrected chi connectivity index (χ0v) is 9.74. The van der Waals surface area contributed by atoms with Gasteiger partial charge in [0, 0.05) is 38.6 Å². The summed E-state index contributed by atoms with van der Waals surface area (Å²) in [5.74, 6) is -0.0379. The maximum absolute atomic E-state index is 11.9. The number of carbonyl (C=O) groups is 2. The summed E-state index contributed by atoms with van der Waals surface area (Å²) >= 11 is 0. The summed E-state index contributed by atoms with van der Waals surface area (Å²) in [6.45, 7) is 5.82. The van der Waals surface area contributed by atoms with E-state index in [1.165, 1.54) is 4.90 Å². The van der Waals surface area contributed by atoms with Crippen molar-refractivity contribution in [3.8, 4) is 0 Å². The summed E-state index contributed by atoms with van der Waals surface area (Å²) in [6.07, 6.45) is 1.35. The van der Waals surface area contributed by atoms with Crippen LogP contribution in [0.15, 0.2) is 0 Å². The fraction of sp³-hybridized carbons (Fsp3) is 0.818. The van der Waals surface area contributed by atoms with Crippen molar-refractivity contribution in [1.29, 1.82) is 0 Å². The first-order chi connectivity index (χ1) is 7.68. The third kappa shape index (κ3) is 2.41. The monoisotopic (exact) mass is 225 g/mol. The molecule has 0 aromatic carbocycles. The van der Waals surface area contributed by atoms with Gasteiger partial charge in [-0.25, -0.2) is 0 Å². The van der Waals surface area contributed by atoms with Gasteiger partial charge in [-0.1, -0.05) is 0 Å². The molecule has 5 heteroatoms.